The topological polar surface area (TPSA) is 33.1 Å². The van der Waals surface area contributed by atoms with Crippen LogP contribution in [0.3, 0.4) is 0 Å². The van der Waals surface area contributed by atoms with E-state index in [0.717, 1.165) is 13.1 Å². The van der Waals surface area contributed by atoms with Crippen LogP contribution in [0.5, 0.6) is 0 Å². The molecule has 1 unspecified atom stereocenters. The van der Waals surface area contributed by atoms with Crippen molar-refractivity contribution in [3.05, 3.63) is 18.7 Å². The fourth-order valence-electron chi connectivity index (χ4n) is 2.24. The molecule has 4 heteroatoms. The van der Waals surface area contributed by atoms with E-state index in [2.05, 4.69) is 33.6 Å². The van der Waals surface area contributed by atoms with Gasteiger partial charge in [-0.15, -0.1) is 0 Å². The summed E-state index contributed by atoms with van der Waals surface area (Å²) in [6, 6.07) is 1.35. The summed E-state index contributed by atoms with van der Waals surface area (Å²) in [5.74, 6) is 0. The Kier molecular flexibility index (Phi) is 3.96. The standard InChI is InChI=1S/C12H22N4/c1-11(2)16-6-3-12(9-16)14-5-8-15-7-4-13-10-15/h4,7,10-12,14H,3,5-6,8-9H2,1-2H3. The van der Waals surface area contributed by atoms with Crippen LogP contribution in [0.15, 0.2) is 18.7 Å². The highest BCUT2D eigenvalue weighted by atomic mass is 15.2. The molecule has 4 nitrogen and oxygen atoms in total. The molecule has 0 aromatic carbocycles. The van der Waals surface area contributed by atoms with Gasteiger partial charge in [-0.25, -0.2) is 4.98 Å². The van der Waals surface area contributed by atoms with E-state index in [1.54, 1.807) is 0 Å². The van der Waals surface area contributed by atoms with Crippen molar-refractivity contribution in [3.63, 3.8) is 0 Å². The van der Waals surface area contributed by atoms with Crippen LogP contribution in [0, 0.1) is 0 Å². The Morgan fingerprint density at radius 2 is 2.38 bits per heavy atom. The molecule has 2 heterocycles. The third-order valence-electron chi connectivity index (χ3n) is 3.31. The largest absolute Gasteiger partial charge is 0.336 e. The van der Waals surface area contributed by atoms with Crippen molar-refractivity contribution in [3.8, 4) is 0 Å². The SMILES string of the molecule is CC(C)N1CCC(NCCn2ccnc2)C1. The molecule has 1 saturated heterocycles. The van der Waals surface area contributed by atoms with Crippen LogP contribution >= 0.6 is 0 Å². The van der Waals surface area contributed by atoms with Crippen LogP contribution in [0.1, 0.15) is 20.3 Å². The van der Waals surface area contributed by atoms with Gasteiger partial charge < -0.3 is 9.88 Å². The summed E-state index contributed by atoms with van der Waals surface area (Å²) < 4.78 is 2.11. The molecule has 0 radical (unpaired) electrons. The summed E-state index contributed by atoms with van der Waals surface area (Å²) in [4.78, 5) is 6.57. The lowest BCUT2D eigenvalue weighted by atomic mass is 10.2. The smallest absolute Gasteiger partial charge is 0.0946 e. The number of hydrogen-bond donors (Lipinski definition) is 1. The highest BCUT2D eigenvalue weighted by molar-refractivity contribution is 4.83. The minimum absolute atomic E-state index is 0.672. The third-order valence-corrected chi connectivity index (χ3v) is 3.31. The summed E-state index contributed by atoms with van der Waals surface area (Å²) in [6.45, 7) is 9.02. The van der Waals surface area contributed by atoms with Crippen molar-refractivity contribution >= 4 is 0 Å². The number of hydrogen-bond acceptors (Lipinski definition) is 3. The Balaban J connectivity index is 1.64. The second-order valence-electron chi connectivity index (χ2n) is 4.83. The summed E-state index contributed by atoms with van der Waals surface area (Å²) in [5.41, 5.74) is 0. The monoisotopic (exact) mass is 222 g/mol. The normalized spacial score (nSPS) is 22.1. The van der Waals surface area contributed by atoms with Crippen molar-refractivity contribution in [2.45, 2.75) is 38.9 Å². The van der Waals surface area contributed by atoms with E-state index in [9.17, 15) is 0 Å². The minimum atomic E-state index is 0.672. The number of likely N-dealkylation sites (tertiary alicyclic amines) is 1. The van der Waals surface area contributed by atoms with Gasteiger partial charge in [0.05, 0.1) is 6.33 Å². The molecule has 0 saturated carbocycles. The predicted molar refractivity (Wildman–Crippen MR) is 65.3 cm³/mol. The van der Waals surface area contributed by atoms with E-state index >= 15 is 0 Å². The van der Waals surface area contributed by atoms with Gasteiger partial charge in [-0.2, -0.15) is 0 Å². The highest BCUT2D eigenvalue weighted by Gasteiger charge is 2.23. The molecule has 1 atom stereocenters. The molecule has 2 rings (SSSR count). The molecule has 1 aromatic heterocycles. The van der Waals surface area contributed by atoms with Crippen LogP contribution in [0.25, 0.3) is 0 Å². The summed E-state index contributed by atoms with van der Waals surface area (Å²) >= 11 is 0. The van der Waals surface area contributed by atoms with Gasteiger partial charge in [0, 0.05) is 44.1 Å². The van der Waals surface area contributed by atoms with Gasteiger partial charge in [-0.1, -0.05) is 0 Å². The van der Waals surface area contributed by atoms with Crippen LogP contribution in [0.4, 0.5) is 0 Å². The first kappa shape index (κ1) is 11.6. The second kappa shape index (κ2) is 5.46. The molecule has 0 bridgehead atoms. The lowest BCUT2D eigenvalue weighted by molar-refractivity contribution is 0.268. The number of nitrogens with zero attached hydrogens (tertiary/aromatic N) is 3. The molecular weight excluding hydrogens is 200 g/mol. The lowest BCUT2D eigenvalue weighted by Gasteiger charge is -2.20. The Hall–Kier alpha value is -0.870. The Morgan fingerprint density at radius 3 is 3.00 bits per heavy atom. The fourth-order valence-corrected chi connectivity index (χ4v) is 2.24. The van der Waals surface area contributed by atoms with Crippen LogP contribution in [0.2, 0.25) is 0 Å². The van der Waals surface area contributed by atoms with Gasteiger partial charge in [0.25, 0.3) is 0 Å². The molecule has 1 aliphatic rings. The first-order chi connectivity index (χ1) is 7.75. The molecule has 16 heavy (non-hydrogen) atoms. The maximum absolute atomic E-state index is 4.03. The van der Waals surface area contributed by atoms with E-state index < -0.39 is 0 Å². The molecule has 1 aromatic rings. The molecule has 1 fully saturated rings. The van der Waals surface area contributed by atoms with Crippen molar-refractivity contribution in [1.82, 2.24) is 19.8 Å². The maximum Gasteiger partial charge on any atom is 0.0946 e. The van der Waals surface area contributed by atoms with E-state index in [0.29, 0.717) is 12.1 Å². The van der Waals surface area contributed by atoms with E-state index in [4.69, 9.17) is 0 Å². The molecule has 0 aliphatic carbocycles. The van der Waals surface area contributed by atoms with Crippen molar-refractivity contribution in [2.24, 2.45) is 0 Å². The first-order valence-electron chi connectivity index (χ1n) is 6.19. The molecule has 90 valence electrons. The van der Waals surface area contributed by atoms with Crippen molar-refractivity contribution in [2.75, 3.05) is 19.6 Å². The van der Waals surface area contributed by atoms with E-state index in [-0.39, 0.29) is 0 Å². The third kappa shape index (κ3) is 3.06. The van der Waals surface area contributed by atoms with E-state index in [1.165, 1.54) is 19.5 Å². The molecule has 1 aliphatic heterocycles. The number of aromatic nitrogens is 2. The average Bonchev–Trinajstić information content (AvgIpc) is 2.87. The Labute approximate surface area is 97.7 Å². The first-order valence-corrected chi connectivity index (χ1v) is 6.19. The van der Waals surface area contributed by atoms with Crippen LogP contribution in [-0.2, 0) is 6.54 Å². The lowest BCUT2D eigenvalue weighted by Crippen LogP contribution is -2.36. The van der Waals surface area contributed by atoms with Gasteiger partial charge in [0.15, 0.2) is 0 Å². The average molecular weight is 222 g/mol. The van der Waals surface area contributed by atoms with Gasteiger partial charge >= 0.3 is 0 Å². The molecule has 0 amide bonds. The van der Waals surface area contributed by atoms with Gasteiger partial charge in [-0.05, 0) is 26.8 Å². The zero-order valence-corrected chi connectivity index (χ0v) is 10.3. The molecule has 0 spiro atoms. The van der Waals surface area contributed by atoms with Gasteiger partial charge in [0.1, 0.15) is 0 Å². The predicted octanol–water partition coefficient (Wildman–Crippen LogP) is 0.955. The maximum atomic E-state index is 4.03. The molecular formula is C12H22N4. The second-order valence-corrected chi connectivity index (χ2v) is 4.83. The van der Waals surface area contributed by atoms with Crippen LogP contribution < -0.4 is 5.32 Å². The summed E-state index contributed by atoms with van der Waals surface area (Å²) in [5, 5.41) is 3.61. The number of rotatable bonds is 5. The fraction of sp³-hybridized carbons (Fsp3) is 0.750. The van der Waals surface area contributed by atoms with E-state index in [1.807, 2.05) is 18.7 Å². The Morgan fingerprint density at radius 1 is 1.50 bits per heavy atom. The number of imidazole rings is 1. The zero-order valence-electron chi connectivity index (χ0n) is 10.3. The van der Waals surface area contributed by atoms with Crippen molar-refractivity contribution < 1.29 is 0 Å². The van der Waals surface area contributed by atoms with Gasteiger partial charge in [-0.3, -0.25) is 4.90 Å². The van der Waals surface area contributed by atoms with Crippen molar-refractivity contribution in [1.29, 1.82) is 0 Å². The highest BCUT2D eigenvalue weighted by Crippen LogP contribution is 2.11. The van der Waals surface area contributed by atoms with Gasteiger partial charge in [0.2, 0.25) is 0 Å². The Bertz CT molecular complexity index is 294. The number of nitrogens with one attached hydrogen (secondary N) is 1. The zero-order chi connectivity index (χ0) is 11.4. The summed E-state index contributed by atoms with van der Waals surface area (Å²) in [6.07, 6.45) is 6.99. The quantitative estimate of drug-likeness (QED) is 0.805. The summed E-state index contributed by atoms with van der Waals surface area (Å²) in [7, 11) is 0. The van der Waals surface area contributed by atoms with Crippen LogP contribution in [-0.4, -0.2) is 46.2 Å². The molecule has 1 N–H and O–H groups in total. The minimum Gasteiger partial charge on any atom is -0.336 e.